The number of hydrogen-bond donors (Lipinski definition) is 2. The number of aromatic nitrogens is 1. The van der Waals surface area contributed by atoms with Crippen LogP contribution in [0, 0.1) is 6.92 Å². The van der Waals surface area contributed by atoms with Crippen molar-refractivity contribution in [1.82, 2.24) is 4.98 Å². The lowest BCUT2D eigenvalue weighted by Gasteiger charge is -2.20. The highest BCUT2D eigenvalue weighted by atomic mass is 16.1. The fraction of sp³-hybridized carbons (Fsp3) is 0.526. The van der Waals surface area contributed by atoms with Gasteiger partial charge in [-0.1, -0.05) is 38.8 Å². The van der Waals surface area contributed by atoms with Gasteiger partial charge in [-0.05, 0) is 31.9 Å². The number of unbranched alkanes of at least 4 members (excludes halogenated alkanes) is 2. The van der Waals surface area contributed by atoms with Crippen molar-refractivity contribution < 1.29 is 4.90 Å². The standard InChI is InChI=1S/C19H28N2O/c1-4-6-12-21(13-7-5-2)14-17-15(3)20-18-11-9-8-10-16(18)19(17)22/h8-11H,4-7,12-14H2,1-3H3,(H,20,22)/p+1. The molecule has 2 rings (SSSR count). The quantitative estimate of drug-likeness (QED) is 0.773. The van der Waals surface area contributed by atoms with E-state index >= 15 is 0 Å². The number of aryl methyl sites for hydroxylation is 1. The largest absolute Gasteiger partial charge is 0.358 e. The number of para-hydroxylation sites is 1. The first-order valence-corrected chi connectivity index (χ1v) is 8.61. The summed E-state index contributed by atoms with van der Waals surface area (Å²) in [6, 6.07) is 7.81. The van der Waals surface area contributed by atoms with E-state index in [0.717, 1.165) is 41.8 Å². The van der Waals surface area contributed by atoms with Gasteiger partial charge >= 0.3 is 0 Å². The lowest BCUT2D eigenvalue weighted by molar-refractivity contribution is -0.914. The summed E-state index contributed by atoms with van der Waals surface area (Å²) in [6.45, 7) is 9.63. The zero-order valence-electron chi connectivity index (χ0n) is 14.2. The van der Waals surface area contributed by atoms with E-state index in [1.54, 1.807) is 0 Å². The molecule has 0 fully saturated rings. The highest BCUT2D eigenvalue weighted by Gasteiger charge is 2.15. The number of benzene rings is 1. The number of pyridine rings is 1. The summed E-state index contributed by atoms with van der Waals surface area (Å²) in [5, 5.41) is 0.813. The fourth-order valence-electron chi connectivity index (χ4n) is 3.02. The van der Waals surface area contributed by atoms with Crippen LogP contribution < -0.4 is 10.3 Å². The molecule has 0 aliphatic heterocycles. The summed E-state index contributed by atoms with van der Waals surface area (Å²) < 4.78 is 0. The molecule has 0 saturated carbocycles. The summed E-state index contributed by atoms with van der Waals surface area (Å²) >= 11 is 0. The van der Waals surface area contributed by atoms with Crippen molar-refractivity contribution in [2.75, 3.05) is 13.1 Å². The lowest BCUT2D eigenvalue weighted by atomic mass is 10.1. The van der Waals surface area contributed by atoms with Crippen LogP contribution in [0.2, 0.25) is 0 Å². The summed E-state index contributed by atoms with van der Waals surface area (Å²) in [6.07, 6.45) is 4.87. The molecule has 1 aromatic carbocycles. The van der Waals surface area contributed by atoms with Gasteiger partial charge in [-0.15, -0.1) is 0 Å². The first-order chi connectivity index (χ1) is 10.7. The minimum atomic E-state index is 0.206. The topological polar surface area (TPSA) is 37.3 Å². The number of quaternary nitrogens is 1. The Morgan fingerprint density at radius 1 is 1.05 bits per heavy atom. The van der Waals surface area contributed by atoms with Crippen LogP contribution in [0.15, 0.2) is 29.1 Å². The van der Waals surface area contributed by atoms with Gasteiger partial charge in [-0.3, -0.25) is 4.79 Å². The van der Waals surface area contributed by atoms with Crippen molar-refractivity contribution in [1.29, 1.82) is 0 Å². The van der Waals surface area contributed by atoms with Crippen molar-refractivity contribution in [2.24, 2.45) is 0 Å². The Kier molecular flexibility index (Phi) is 6.20. The van der Waals surface area contributed by atoms with E-state index in [0.29, 0.717) is 0 Å². The molecule has 0 aliphatic rings. The van der Waals surface area contributed by atoms with Crippen LogP contribution in [-0.2, 0) is 6.54 Å². The first kappa shape index (κ1) is 16.8. The van der Waals surface area contributed by atoms with E-state index in [-0.39, 0.29) is 5.43 Å². The van der Waals surface area contributed by atoms with Gasteiger partial charge in [-0.2, -0.15) is 0 Å². The highest BCUT2D eigenvalue weighted by Crippen LogP contribution is 2.10. The van der Waals surface area contributed by atoms with Crippen LogP contribution in [0.5, 0.6) is 0 Å². The third kappa shape index (κ3) is 3.98. The maximum atomic E-state index is 12.8. The molecule has 0 amide bonds. The number of H-pyrrole nitrogens is 1. The minimum absolute atomic E-state index is 0.206. The minimum Gasteiger partial charge on any atom is -0.358 e. The van der Waals surface area contributed by atoms with Gasteiger partial charge in [0.2, 0.25) is 0 Å². The summed E-state index contributed by atoms with van der Waals surface area (Å²) in [7, 11) is 0. The first-order valence-electron chi connectivity index (χ1n) is 8.61. The third-order valence-electron chi connectivity index (χ3n) is 4.42. The highest BCUT2D eigenvalue weighted by molar-refractivity contribution is 5.79. The van der Waals surface area contributed by atoms with Gasteiger partial charge in [0.25, 0.3) is 0 Å². The Morgan fingerprint density at radius 2 is 1.68 bits per heavy atom. The van der Waals surface area contributed by atoms with Crippen molar-refractivity contribution in [3.05, 3.63) is 45.7 Å². The molecule has 22 heavy (non-hydrogen) atoms. The smallest absolute Gasteiger partial charge is 0.198 e. The number of aromatic amines is 1. The Morgan fingerprint density at radius 3 is 2.32 bits per heavy atom. The van der Waals surface area contributed by atoms with Crippen LogP contribution in [0.3, 0.4) is 0 Å². The Hall–Kier alpha value is -1.61. The molecule has 2 aromatic rings. The molecule has 0 radical (unpaired) electrons. The molecule has 1 aromatic heterocycles. The Bertz CT molecular complexity index is 652. The summed E-state index contributed by atoms with van der Waals surface area (Å²) in [5.41, 5.74) is 3.13. The zero-order chi connectivity index (χ0) is 15.9. The van der Waals surface area contributed by atoms with Gasteiger partial charge in [0.15, 0.2) is 5.43 Å². The van der Waals surface area contributed by atoms with Crippen molar-refractivity contribution in [3.63, 3.8) is 0 Å². The normalized spacial score (nSPS) is 11.5. The average Bonchev–Trinajstić information content (AvgIpc) is 2.53. The third-order valence-corrected chi connectivity index (χ3v) is 4.42. The molecule has 1 heterocycles. The lowest BCUT2D eigenvalue weighted by Crippen LogP contribution is -3.10. The van der Waals surface area contributed by atoms with Crippen molar-refractivity contribution in [3.8, 4) is 0 Å². The van der Waals surface area contributed by atoms with Gasteiger partial charge in [0.1, 0.15) is 6.54 Å². The molecule has 3 heteroatoms. The van der Waals surface area contributed by atoms with Crippen LogP contribution >= 0.6 is 0 Å². The van der Waals surface area contributed by atoms with E-state index in [9.17, 15) is 4.79 Å². The number of nitrogens with one attached hydrogen (secondary N) is 2. The van der Waals surface area contributed by atoms with E-state index in [1.807, 2.05) is 31.2 Å². The average molecular weight is 301 g/mol. The van der Waals surface area contributed by atoms with Gasteiger partial charge in [-0.25, -0.2) is 0 Å². The SMILES string of the molecule is CCCC[NH+](CCCC)Cc1c(C)[nH]c2ccccc2c1=O. The molecule has 3 nitrogen and oxygen atoms in total. The molecule has 0 spiro atoms. The molecule has 0 unspecified atom stereocenters. The monoisotopic (exact) mass is 301 g/mol. The fourth-order valence-corrected chi connectivity index (χ4v) is 3.02. The molecular weight excluding hydrogens is 272 g/mol. The molecule has 2 N–H and O–H groups in total. The maximum Gasteiger partial charge on any atom is 0.198 e. The van der Waals surface area contributed by atoms with Crippen molar-refractivity contribution >= 4 is 10.9 Å². The van der Waals surface area contributed by atoms with Crippen LogP contribution in [-0.4, -0.2) is 18.1 Å². The van der Waals surface area contributed by atoms with E-state index in [4.69, 9.17) is 0 Å². The Labute approximate surface area is 133 Å². The van der Waals surface area contributed by atoms with Gasteiger partial charge in [0, 0.05) is 16.6 Å². The second kappa shape index (κ2) is 8.14. The van der Waals surface area contributed by atoms with E-state index in [1.165, 1.54) is 30.6 Å². The number of hydrogen-bond acceptors (Lipinski definition) is 1. The Balaban J connectivity index is 2.29. The van der Waals surface area contributed by atoms with Crippen LogP contribution in [0.1, 0.15) is 50.8 Å². The summed E-state index contributed by atoms with van der Waals surface area (Å²) in [4.78, 5) is 17.7. The van der Waals surface area contributed by atoms with Gasteiger partial charge < -0.3 is 9.88 Å². The zero-order valence-corrected chi connectivity index (χ0v) is 14.2. The molecule has 0 saturated heterocycles. The molecule has 0 atom stereocenters. The maximum absolute atomic E-state index is 12.8. The summed E-state index contributed by atoms with van der Waals surface area (Å²) in [5.74, 6) is 0. The van der Waals surface area contributed by atoms with E-state index < -0.39 is 0 Å². The van der Waals surface area contributed by atoms with E-state index in [2.05, 4.69) is 18.8 Å². The van der Waals surface area contributed by atoms with Crippen molar-refractivity contribution in [2.45, 2.75) is 53.0 Å². The molecule has 0 bridgehead atoms. The van der Waals surface area contributed by atoms with Crippen LogP contribution in [0.25, 0.3) is 10.9 Å². The van der Waals surface area contributed by atoms with Crippen LogP contribution in [0.4, 0.5) is 0 Å². The number of rotatable bonds is 8. The second-order valence-electron chi connectivity index (χ2n) is 6.24. The predicted molar refractivity (Wildman–Crippen MR) is 93.5 cm³/mol. The number of fused-ring (bicyclic) bond motifs is 1. The van der Waals surface area contributed by atoms with Gasteiger partial charge in [0.05, 0.1) is 18.7 Å². The predicted octanol–water partition coefficient (Wildman–Crippen LogP) is 2.82. The molecule has 0 aliphatic carbocycles. The molecule has 120 valence electrons. The second-order valence-corrected chi connectivity index (χ2v) is 6.24. The molecular formula is C19H29N2O+.